The van der Waals surface area contributed by atoms with Crippen molar-refractivity contribution < 1.29 is 14.6 Å². The van der Waals surface area contributed by atoms with Gasteiger partial charge in [0, 0.05) is 6.04 Å². The molecule has 0 fully saturated rings. The van der Waals surface area contributed by atoms with Crippen molar-refractivity contribution in [1.82, 2.24) is 9.78 Å². The van der Waals surface area contributed by atoms with E-state index < -0.39 is 6.10 Å². The summed E-state index contributed by atoms with van der Waals surface area (Å²) in [7, 11) is 1.57. The topological polar surface area (TPSA) is 56.5 Å². The van der Waals surface area contributed by atoms with Gasteiger partial charge < -0.3 is 14.6 Å². The van der Waals surface area contributed by atoms with Gasteiger partial charge >= 0.3 is 0 Å². The van der Waals surface area contributed by atoms with Gasteiger partial charge in [0.05, 0.1) is 26.0 Å². The van der Waals surface area contributed by atoms with Crippen molar-refractivity contribution in [2.75, 3.05) is 13.7 Å². The molecule has 1 rings (SSSR count). The molecular formula is C12H22N2O3. The van der Waals surface area contributed by atoms with Crippen molar-refractivity contribution in [2.45, 2.75) is 45.9 Å². The van der Waals surface area contributed by atoms with Crippen LogP contribution in [0, 0.1) is 0 Å². The molecule has 1 unspecified atom stereocenters. The van der Waals surface area contributed by atoms with Gasteiger partial charge in [-0.3, -0.25) is 4.68 Å². The Morgan fingerprint density at radius 3 is 2.47 bits per heavy atom. The lowest BCUT2D eigenvalue weighted by Gasteiger charge is -2.18. The molecule has 0 radical (unpaired) electrons. The first kappa shape index (κ1) is 14.0. The maximum atomic E-state index is 10.1. The summed E-state index contributed by atoms with van der Waals surface area (Å²) in [4.78, 5) is 0. The zero-order chi connectivity index (χ0) is 13.0. The van der Waals surface area contributed by atoms with Gasteiger partial charge in [-0.15, -0.1) is 0 Å². The molecule has 1 aromatic rings. The Bertz CT molecular complexity index is 348. The molecule has 0 aliphatic rings. The first-order chi connectivity index (χ1) is 7.97. The number of aromatic nitrogens is 2. The minimum atomic E-state index is -0.725. The fourth-order valence-corrected chi connectivity index (χ4v) is 1.60. The highest BCUT2D eigenvalue weighted by atomic mass is 16.5. The molecular weight excluding hydrogens is 220 g/mol. The van der Waals surface area contributed by atoms with E-state index >= 15 is 0 Å². The summed E-state index contributed by atoms with van der Waals surface area (Å²) < 4.78 is 12.4. The quantitative estimate of drug-likeness (QED) is 0.828. The Kier molecular flexibility index (Phi) is 4.96. The predicted molar refractivity (Wildman–Crippen MR) is 65.2 cm³/mol. The molecule has 98 valence electrons. The molecule has 0 saturated heterocycles. The van der Waals surface area contributed by atoms with Crippen LogP contribution in [0.3, 0.4) is 0 Å². The fourth-order valence-electron chi connectivity index (χ4n) is 1.60. The molecule has 0 bridgehead atoms. The second-order valence-corrected chi connectivity index (χ2v) is 4.53. The third-order valence-electron chi connectivity index (χ3n) is 2.41. The maximum absolute atomic E-state index is 10.1. The van der Waals surface area contributed by atoms with Crippen LogP contribution in [0.5, 0.6) is 5.75 Å². The molecule has 1 atom stereocenters. The summed E-state index contributed by atoms with van der Waals surface area (Å²) in [6.07, 6.45) is 0.983. The predicted octanol–water partition coefficient (Wildman–Crippen LogP) is 1.93. The van der Waals surface area contributed by atoms with Crippen molar-refractivity contribution in [3.8, 4) is 5.75 Å². The number of hydrogen-bond donors (Lipinski definition) is 1. The Balaban J connectivity index is 2.89. The average molecular weight is 242 g/mol. The number of nitrogens with zero attached hydrogens (tertiary/aromatic N) is 2. The number of hydrogen-bond acceptors (Lipinski definition) is 4. The van der Waals surface area contributed by atoms with Crippen molar-refractivity contribution in [3.05, 3.63) is 11.9 Å². The van der Waals surface area contributed by atoms with Gasteiger partial charge in [0.1, 0.15) is 11.8 Å². The summed E-state index contributed by atoms with van der Waals surface area (Å²) in [5.74, 6) is 0.596. The summed E-state index contributed by atoms with van der Waals surface area (Å²) >= 11 is 0. The van der Waals surface area contributed by atoms with E-state index in [0.717, 1.165) is 0 Å². The van der Waals surface area contributed by atoms with E-state index in [1.807, 2.05) is 27.7 Å². The van der Waals surface area contributed by atoms with Crippen LogP contribution in [0.25, 0.3) is 0 Å². The molecule has 5 nitrogen and oxygen atoms in total. The van der Waals surface area contributed by atoms with Crippen LogP contribution in [-0.2, 0) is 4.74 Å². The van der Waals surface area contributed by atoms with Crippen LogP contribution in [0.1, 0.15) is 45.5 Å². The van der Waals surface area contributed by atoms with Crippen LogP contribution in [0.2, 0.25) is 0 Å². The minimum Gasteiger partial charge on any atom is -0.493 e. The van der Waals surface area contributed by atoms with Crippen molar-refractivity contribution in [2.24, 2.45) is 0 Å². The van der Waals surface area contributed by atoms with Crippen LogP contribution in [0.15, 0.2) is 6.20 Å². The lowest BCUT2D eigenvalue weighted by Crippen LogP contribution is -2.17. The second-order valence-electron chi connectivity index (χ2n) is 4.53. The summed E-state index contributed by atoms with van der Waals surface area (Å²) in [5.41, 5.74) is 0.670. The standard InChI is InChI=1S/C12H22N2O3/c1-8(2)14-12(11(16-5)6-13-14)10(15)7-17-9(3)4/h6,8-10,15H,7H2,1-5H3. The Morgan fingerprint density at radius 2 is 2.00 bits per heavy atom. The molecule has 1 aromatic heterocycles. The molecule has 0 amide bonds. The Hall–Kier alpha value is -1.07. The number of ether oxygens (including phenoxy) is 2. The Morgan fingerprint density at radius 1 is 1.35 bits per heavy atom. The van der Waals surface area contributed by atoms with E-state index in [4.69, 9.17) is 9.47 Å². The SMILES string of the molecule is COc1cnn(C(C)C)c1C(O)COC(C)C. The van der Waals surface area contributed by atoms with E-state index in [1.165, 1.54) is 0 Å². The van der Waals surface area contributed by atoms with E-state index in [2.05, 4.69) is 5.10 Å². The number of aliphatic hydroxyl groups is 1. The molecule has 5 heteroatoms. The summed E-state index contributed by atoms with van der Waals surface area (Å²) in [6.45, 7) is 8.12. The highest BCUT2D eigenvalue weighted by molar-refractivity contribution is 5.27. The third-order valence-corrected chi connectivity index (χ3v) is 2.41. The fraction of sp³-hybridized carbons (Fsp3) is 0.750. The van der Waals surface area contributed by atoms with Gasteiger partial charge in [0.15, 0.2) is 5.75 Å². The normalized spacial score (nSPS) is 13.4. The van der Waals surface area contributed by atoms with E-state index in [9.17, 15) is 5.11 Å². The molecule has 0 aliphatic carbocycles. The van der Waals surface area contributed by atoms with Crippen LogP contribution in [0.4, 0.5) is 0 Å². The molecule has 1 N–H and O–H groups in total. The van der Waals surface area contributed by atoms with E-state index in [1.54, 1.807) is 18.0 Å². The lowest BCUT2D eigenvalue weighted by atomic mass is 10.2. The van der Waals surface area contributed by atoms with Gasteiger partial charge in [-0.1, -0.05) is 0 Å². The number of aliphatic hydroxyl groups excluding tert-OH is 1. The van der Waals surface area contributed by atoms with Crippen LogP contribution in [-0.4, -0.2) is 34.7 Å². The monoisotopic (exact) mass is 242 g/mol. The maximum Gasteiger partial charge on any atom is 0.162 e. The molecule has 1 heterocycles. The van der Waals surface area contributed by atoms with Crippen LogP contribution < -0.4 is 4.74 Å². The highest BCUT2D eigenvalue weighted by Crippen LogP contribution is 2.27. The molecule has 17 heavy (non-hydrogen) atoms. The van der Waals surface area contributed by atoms with Crippen molar-refractivity contribution in [3.63, 3.8) is 0 Å². The first-order valence-corrected chi connectivity index (χ1v) is 5.88. The molecule has 0 aliphatic heterocycles. The molecule has 0 saturated carbocycles. The lowest BCUT2D eigenvalue weighted by molar-refractivity contribution is 0.000186. The summed E-state index contributed by atoms with van der Waals surface area (Å²) in [5, 5.41) is 14.3. The van der Waals surface area contributed by atoms with E-state index in [0.29, 0.717) is 11.4 Å². The first-order valence-electron chi connectivity index (χ1n) is 5.88. The third kappa shape index (κ3) is 3.44. The average Bonchev–Trinajstić information content (AvgIpc) is 2.69. The number of rotatable bonds is 6. The zero-order valence-electron chi connectivity index (χ0n) is 11.2. The van der Waals surface area contributed by atoms with Gasteiger partial charge in [0.2, 0.25) is 0 Å². The minimum absolute atomic E-state index is 0.0890. The molecule has 0 spiro atoms. The van der Waals surface area contributed by atoms with Crippen LogP contribution >= 0.6 is 0 Å². The highest BCUT2D eigenvalue weighted by Gasteiger charge is 2.21. The zero-order valence-corrected chi connectivity index (χ0v) is 11.2. The van der Waals surface area contributed by atoms with Gasteiger partial charge in [-0.05, 0) is 27.7 Å². The largest absolute Gasteiger partial charge is 0.493 e. The van der Waals surface area contributed by atoms with Gasteiger partial charge in [0.25, 0.3) is 0 Å². The molecule has 0 aromatic carbocycles. The van der Waals surface area contributed by atoms with Crippen molar-refractivity contribution in [1.29, 1.82) is 0 Å². The Labute approximate surface area is 102 Å². The second kappa shape index (κ2) is 6.02. The van der Waals surface area contributed by atoms with Crippen molar-refractivity contribution >= 4 is 0 Å². The number of methoxy groups -OCH3 is 1. The smallest absolute Gasteiger partial charge is 0.162 e. The van der Waals surface area contributed by atoms with E-state index in [-0.39, 0.29) is 18.8 Å². The van der Waals surface area contributed by atoms with Gasteiger partial charge in [-0.25, -0.2) is 0 Å². The van der Waals surface area contributed by atoms with Gasteiger partial charge in [-0.2, -0.15) is 5.10 Å². The summed E-state index contributed by atoms with van der Waals surface area (Å²) in [6, 6.07) is 0.169.